The van der Waals surface area contributed by atoms with Crippen LogP contribution in [0.4, 0.5) is 0 Å². The molecule has 4 nitrogen and oxygen atoms in total. The Balaban J connectivity index is 2.18. The van der Waals surface area contributed by atoms with Crippen molar-refractivity contribution in [2.75, 3.05) is 13.1 Å². The molecule has 0 aromatic carbocycles. The van der Waals surface area contributed by atoms with E-state index in [0.29, 0.717) is 23.4 Å². The Kier molecular flexibility index (Phi) is 5.34. The van der Waals surface area contributed by atoms with E-state index in [1.54, 1.807) is 12.4 Å². The quantitative estimate of drug-likeness (QED) is 0.926. The molecule has 0 spiro atoms. The summed E-state index contributed by atoms with van der Waals surface area (Å²) in [5, 5.41) is 3.60. The van der Waals surface area contributed by atoms with E-state index in [1.165, 1.54) is 0 Å². The first-order valence-electron chi connectivity index (χ1n) is 7.93. The molecule has 0 saturated carbocycles. The van der Waals surface area contributed by atoms with E-state index in [-0.39, 0.29) is 11.9 Å². The van der Waals surface area contributed by atoms with Gasteiger partial charge in [-0.25, -0.2) is 0 Å². The van der Waals surface area contributed by atoms with Crippen molar-refractivity contribution in [3.8, 4) is 0 Å². The number of carbonyl (C=O) groups is 1. The fourth-order valence-corrected chi connectivity index (χ4v) is 2.93. The van der Waals surface area contributed by atoms with Gasteiger partial charge in [-0.1, -0.05) is 27.7 Å². The summed E-state index contributed by atoms with van der Waals surface area (Å²) in [6, 6.07) is 4.32. The Morgan fingerprint density at radius 2 is 2.19 bits per heavy atom. The maximum absolute atomic E-state index is 12.8. The summed E-state index contributed by atoms with van der Waals surface area (Å²) in [4.78, 5) is 18.9. The van der Waals surface area contributed by atoms with E-state index in [2.05, 4.69) is 42.9 Å². The molecule has 0 radical (unpaired) electrons. The third-order valence-electron chi connectivity index (χ3n) is 4.17. The molecular weight excluding hydrogens is 262 g/mol. The Bertz CT molecular complexity index is 458. The normalized spacial score (nSPS) is 22.9. The molecule has 1 aliphatic rings. The Labute approximate surface area is 127 Å². The monoisotopic (exact) mass is 289 g/mol. The molecule has 1 fully saturated rings. The predicted molar refractivity (Wildman–Crippen MR) is 85.1 cm³/mol. The van der Waals surface area contributed by atoms with Crippen LogP contribution < -0.4 is 5.32 Å². The van der Waals surface area contributed by atoms with Crippen LogP contribution >= 0.6 is 0 Å². The van der Waals surface area contributed by atoms with Crippen LogP contribution in [0.15, 0.2) is 24.5 Å². The molecule has 2 unspecified atom stereocenters. The van der Waals surface area contributed by atoms with Crippen LogP contribution in [0.2, 0.25) is 0 Å². The van der Waals surface area contributed by atoms with Crippen molar-refractivity contribution in [3.63, 3.8) is 0 Å². The highest BCUT2D eigenvalue weighted by molar-refractivity contribution is 5.94. The molecule has 4 heteroatoms. The fraction of sp³-hybridized carbons (Fsp3) is 0.647. The summed E-state index contributed by atoms with van der Waals surface area (Å²) in [7, 11) is 0. The Hall–Kier alpha value is -1.42. The second-order valence-corrected chi connectivity index (χ2v) is 6.74. The van der Waals surface area contributed by atoms with Crippen molar-refractivity contribution in [2.45, 2.75) is 46.2 Å². The first kappa shape index (κ1) is 16.0. The van der Waals surface area contributed by atoms with Gasteiger partial charge in [-0.3, -0.25) is 9.78 Å². The van der Waals surface area contributed by atoms with Gasteiger partial charge in [0.05, 0.1) is 5.56 Å². The van der Waals surface area contributed by atoms with E-state index in [0.717, 1.165) is 19.5 Å². The Morgan fingerprint density at radius 3 is 2.76 bits per heavy atom. The highest BCUT2D eigenvalue weighted by atomic mass is 16.2. The van der Waals surface area contributed by atoms with Crippen LogP contribution in [0.3, 0.4) is 0 Å². The average molecular weight is 289 g/mol. The fourth-order valence-electron chi connectivity index (χ4n) is 2.93. The molecule has 1 aromatic rings. The molecule has 0 bridgehead atoms. The minimum Gasteiger partial charge on any atom is -0.333 e. The standard InChI is InChI=1S/C17H27N3O/c1-12(2)8-15-10-19-16(13(3)4)11-20(15)17(21)14-6-5-7-18-9-14/h5-7,9,12-13,15-16,19H,8,10-11H2,1-4H3. The lowest BCUT2D eigenvalue weighted by Gasteiger charge is -2.42. The van der Waals surface area contributed by atoms with Gasteiger partial charge >= 0.3 is 0 Å². The molecule has 1 aromatic heterocycles. The molecule has 116 valence electrons. The lowest BCUT2D eigenvalue weighted by molar-refractivity contribution is 0.0521. The SMILES string of the molecule is CC(C)CC1CNC(C(C)C)CN1C(=O)c1cccnc1. The second-order valence-electron chi connectivity index (χ2n) is 6.74. The van der Waals surface area contributed by atoms with E-state index < -0.39 is 0 Å². The van der Waals surface area contributed by atoms with Crippen molar-refractivity contribution in [3.05, 3.63) is 30.1 Å². The maximum Gasteiger partial charge on any atom is 0.255 e. The minimum absolute atomic E-state index is 0.112. The lowest BCUT2D eigenvalue weighted by Crippen LogP contribution is -2.60. The van der Waals surface area contributed by atoms with Crippen molar-refractivity contribution in [2.24, 2.45) is 11.8 Å². The van der Waals surface area contributed by atoms with Crippen LogP contribution in [-0.4, -0.2) is 41.0 Å². The number of nitrogens with zero attached hydrogens (tertiary/aromatic N) is 2. The van der Waals surface area contributed by atoms with E-state index in [4.69, 9.17) is 0 Å². The number of hydrogen-bond donors (Lipinski definition) is 1. The van der Waals surface area contributed by atoms with E-state index in [1.807, 2.05) is 12.1 Å². The van der Waals surface area contributed by atoms with Gasteiger partial charge in [0, 0.05) is 37.6 Å². The van der Waals surface area contributed by atoms with Crippen molar-refractivity contribution >= 4 is 5.91 Å². The molecule has 1 aliphatic heterocycles. The van der Waals surface area contributed by atoms with Crippen LogP contribution in [-0.2, 0) is 0 Å². The number of nitrogens with one attached hydrogen (secondary N) is 1. The van der Waals surface area contributed by atoms with Gasteiger partial charge in [-0.05, 0) is 30.4 Å². The number of pyridine rings is 1. The smallest absolute Gasteiger partial charge is 0.255 e. The zero-order valence-corrected chi connectivity index (χ0v) is 13.5. The van der Waals surface area contributed by atoms with Crippen LogP contribution in [0.1, 0.15) is 44.5 Å². The first-order valence-corrected chi connectivity index (χ1v) is 7.93. The largest absolute Gasteiger partial charge is 0.333 e. The van der Waals surface area contributed by atoms with Crippen LogP contribution in [0.25, 0.3) is 0 Å². The minimum atomic E-state index is 0.112. The van der Waals surface area contributed by atoms with Gasteiger partial charge in [0.25, 0.3) is 5.91 Å². The molecular formula is C17H27N3O. The highest BCUT2D eigenvalue weighted by Crippen LogP contribution is 2.20. The summed E-state index contributed by atoms with van der Waals surface area (Å²) in [6.07, 6.45) is 4.40. The third kappa shape index (κ3) is 4.03. The summed E-state index contributed by atoms with van der Waals surface area (Å²) >= 11 is 0. The zero-order valence-electron chi connectivity index (χ0n) is 13.5. The van der Waals surface area contributed by atoms with Gasteiger partial charge in [0.15, 0.2) is 0 Å². The number of rotatable bonds is 4. The summed E-state index contributed by atoms with van der Waals surface area (Å²) < 4.78 is 0. The first-order chi connectivity index (χ1) is 9.99. The van der Waals surface area contributed by atoms with Crippen molar-refractivity contribution in [1.82, 2.24) is 15.2 Å². The molecule has 2 heterocycles. The second kappa shape index (κ2) is 7.03. The summed E-state index contributed by atoms with van der Waals surface area (Å²) in [5.41, 5.74) is 0.690. The number of hydrogen-bond acceptors (Lipinski definition) is 3. The van der Waals surface area contributed by atoms with Crippen LogP contribution in [0.5, 0.6) is 0 Å². The average Bonchev–Trinajstić information content (AvgIpc) is 2.47. The highest BCUT2D eigenvalue weighted by Gasteiger charge is 2.33. The lowest BCUT2D eigenvalue weighted by atomic mass is 9.94. The molecule has 2 atom stereocenters. The third-order valence-corrected chi connectivity index (χ3v) is 4.17. The number of piperazine rings is 1. The molecule has 2 rings (SSSR count). The molecule has 1 saturated heterocycles. The van der Waals surface area contributed by atoms with Crippen LogP contribution in [0, 0.1) is 11.8 Å². The summed E-state index contributed by atoms with van der Waals surface area (Å²) in [6.45, 7) is 10.5. The van der Waals surface area contributed by atoms with Crippen molar-refractivity contribution < 1.29 is 4.79 Å². The maximum atomic E-state index is 12.8. The Morgan fingerprint density at radius 1 is 1.43 bits per heavy atom. The van der Waals surface area contributed by atoms with Gasteiger partial charge in [-0.15, -0.1) is 0 Å². The molecule has 0 aliphatic carbocycles. The van der Waals surface area contributed by atoms with Gasteiger partial charge in [-0.2, -0.15) is 0 Å². The molecule has 1 amide bonds. The number of aromatic nitrogens is 1. The van der Waals surface area contributed by atoms with Gasteiger partial charge in [0.1, 0.15) is 0 Å². The van der Waals surface area contributed by atoms with E-state index >= 15 is 0 Å². The van der Waals surface area contributed by atoms with Gasteiger partial charge < -0.3 is 10.2 Å². The number of amides is 1. The zero-order chi connectivity index (χ0) is 15.4. The van der Waals surface area contributed by atoms with Gasteiger partial charge in [0.2, 0.25) is 0 Å². The molecule has 1 N–H and O–H groups in total. The topological polar surface area (TPSA) is 45.2 Å². The summed E-state index contributed by atoms with van der Waals surface area (Å²) in [5.74, 6) is 1.21. The predicted octanol–water partition coefficient (Wildman–Crippen LogP) is 2.57. The van der Waals surface area contributed by atoms with Crippen molar-refractivity contribution in [1.29, 1.82) is 0 Å². The van der Waals surface area contributed by atoms with E-state index in [9.17, 15) is 4.79 Å². The number of carbonyl (C=O) groups excluding carboxylic acids is 1. The molecule has 21 heavy (non-hydrogen) atoms.